The number of aryl methyl sites for hydroxylation is 1. The van der Waals surface area contributed by atoms with Crippen LogP contribution in [0.1, 0.15) is 23.9 Å². The van der Waals surface area contributed by atoms with Crippen LogP contribution in [0.2, 0.25) is 0 Å². The zero-order valence-corrected chi connectivity index (χ0v) is 16.4. The van der Waals surface area contributed by atoms with E-state index in [-0.39, 0.29) is 12.1 Å². The number of benzene rings is 2. The van der Waals surface area contributed by atoms with Gasteiger partial charge in [0.15, 0.2) is 0 Å². The van der Waals surface area contributed by atoms with Gasteiger partial charge in [0.25, 0.3) is 0 Å². The molecule has 6 heteroatoms. The molecule has 0 aliphatic rings. The van der Waals surface area contributed by atoms with Crippen LogP contribution in [0.25, 0.3) is 0 Å². The summed E-state index contributed by atoms with van der Waals surface area (Å²) in [5.74, 6) is 0.796. The van der Waals surface area contributed by atoms with Crippen molar-refractivity contribution < 1.29 is 4.79 Å². The van der Waals surface area contributed by atoms with Gasteiger partial charge < -0.3 is 20.1 Å². The fraction of sp³-hybridized carbons (Fsp3) is 0.273. The van der Waals surface area contributed by atoms with Crippen LogP contribution in [-0.4, -0.2) is 35.7 Å². The van der Waals surface area contributed by atoms with Crippen LogP contribution in [0.15, 0.2) is 73.1 Å². The number of nitrogens with one attached hydrogen (secondary N) is 2. The van der Waals surface area contributed by atoms with E-state index in [1.807, 2.05) is 66.3 Å². The van der Waals surface area contributed by atoms with Gasteiger partial charge in [-0.2, -0.15) is 0 Å². The van der Waals surface area contributed by atoms with E-state index in [0.29, 0.717) is 6.54 Å². The summed E-state index contributed by atoms with van der Waals surface area (Å²) < 4.78 is 1.92. The van der Waals surface area contributed by atoms with Gasteiger partial charge in [-0.15, -0.1) is 0 Å². The number of carbonyl (C=O) groups excluding carboxylic acids is 1. The minimum absolute atomic E-state index is 0.195. The lowest BCUT2D eigenvalue weighted by Crippen LogP contribution is -2.40. The Balaban J connectivity index is 1.52. The molecule has 0 bridgehead atoms. The molecular weight excluding hydrogens is 350 g/mol. The maximum Gasteiger partial charge on any atom is 0.315 e. The van der Waals surface area contributed by atoms with Crippen LogP contribution in [0.5, 0.6) is 0 Å². The third kappa shape index (κ3) is 5.13. The molecule has 0 fully saturated rings. The first-order chi connectivity index (χ1) is 13.6. The molecule has 0 spiro atoms. The number of para-hydroxylation sites is 1. The Labute approximate surface area is 166 Å². The summed E-state index contributed by atoms with van der Waals surface area (Å²) in [5, 5.41) is 6.01. The fourth-order valence-corrected chi connectivity index (χ4v) is 3.11. The summed E-state index contributed by atoms with van der Waals surface area (Å²) >= 11 is 0. The molecule has 2 N–H and O–H groups in total. The second kappa shape index (κ2) is 9.60. The topological polar surface area (TPSA) is 62.2 Å². The number of hydrogen-bond acceptors (Lipinski definition) is 3. The number of aromatic nitrogens is 2. The average Bonchev–Trinajstić information content (AvgIpc) is 3.16. The summed E-state index contributed by atoms with van der Waals surface area (Å²) in [5.41, 5.74) is 2.17. The van der Waals surface area contributed by atoms with Gasteiger partial charge in [-0.3, -0.25) is 0 Å². The number of rotatable bonds is 8. The van der Waals surface area contributed by atoms with E-state index in [1.165, 1.54) is 5.69 Å². The van der Waals surface area contributed by atoms with E-state index in [0.717, 1.165) is 24.4 Å². The van der Waals surface area contributed by atoms with Gasteiger partial charge in [0.1, 0.15) is 11.9 Å². The maximum atomic E-state index is 12.5. The molecule has 1 heterocycles. The first-order valence-corrected chi connectivity index (χ1v) is 9.48. The molecular formula is C22H27N5O. The predicted octanol–water partition coefficient (Wildman–Crippen LogP) is 3.34. The van der Waals surface area contributed by atoms with Gasteiger partial charge in [0.2, 0.25) is 0 Å². The molecule has 3 aromatic rings. The van der Waals surface area contributed by atoms with Gasteiger partial charge in [-0.05, 0) is 24.1 Å². The van der Waals surface area contributed by atoms with Crippen molar-refractivity contribution in [2.75, 3.05) is 25.0 Å². The van der Waals surface area contributed by atoms with E-state index in [9.17, 15) is 4.79 Å². The van der Waals surface area contributed by atoms with E-state index in [4.69, 9.17) is 0 Å². The lowest BCUT2D eigenvalue weighted by atomic mass is 10.1. The number of amides is 2. The van der Waals surface area contributed by atoms with E-state index in [2.05, 4.69) is 39.7 Å². The summed E-state index contributed by atoms with van der Waals surface area (Å²) in [6.45, 7) is 1.47. The first-order valence-electron chi connectivity index (χ1n) is 9.48. The third-order valence-electron chi connectivity index (χ3n) is 4.68. The lowest BCUT2D eigenvalue weighted by Gasteiger charge is -2.21. The van der Waals surface area contributed by atoms with Crippen molar-refractivity contribution in [3.63, 3.8) is 0 Å². The second-order valence-corrected chi connectivity index (χ2v) is 6.75. The fourth-order valence-electron chi connectivity index (χ4n) is 3.11. The van der Waals surface area contributed by atoms with E-state index < -0.39 is 0 Å². The predicted molar refractivity (Wildman–Crippen MR) is 112 cm³/mol. The maximum absolute atomic E-state index is 12.5. The number of anilines is 1. The van der Waals surface area contributed by atoms with Gasteiger partial charge in [0, 0.05) is 45.3 Å². The Hall–Kier alpha value is -3.28. The molecule has 1 aromatic heterocycles. The van der Waals surface area contributed by atoms with Crippen LogP contribution < -0.4 is 15.5 Å². The van der Waals surface area contributed by atoms with E-state index in [1.54, 1.807) is 6.20 Å². The van der Waals surface area contributed by atoms with Crippen molar-refractivity contribution in [1.82, 2.24) is 20.2 Å². The van der Waals surface area contributed by atoms with E-state index >= 15 is 0 Å². The molecule has 3 rings (SSSR count). The second-order valence-electron chi connectivity index (χ2n) is 6.75. The van der Waals surface area contributed by atoms with Crippen molar-refractivity contribution >= 4 is 11.7 Å². The Bertz CT molecular complexity index is 863. The number of hydrogen-bond donors (Lipinski definition) is 2. The van der Waals surface area contributed by atoms with Crippen molar-refractivity contribution in [2.45, 2.75) is 12.5 Å². The minimum Gasteiger partial charge on any atom is -0.375 e. The molecule has 146 valence electrons. The quantitative estimate of drug-likeness (QED) is 0.592. The molecule has 1 unspecified atom stereocenters. The van der Waals surface area contributed by atoms with Crippen LogP contribution in [0.3, 0.4) is 0 Å². The van der Waals surface area contributed by atoms with Crippen molar-refractivity contribution in [3.8, 4) is 0 Å². The lowest BCUT2D eigenvalue weighted by molar-refractivity contribution is 0.238. The Morgan fingerprint density at radius 1 is 1.11 bits per heavy atom. The summed E-state index contributed by atoms with van der Waals surface area (Å²) in [7, 11) is 3.99. The third-order valence-corrected chi connectivity index (χ3v) is 4.68. The summed E-state index contributed by atoms with van der Waals surface area (Å²) in [6.07, 6.45) is 4.48. The highest BCUT2D eigenvalue weighted by atomic mass is 16.2. The number of urea groups is 1. The van der Waals surface area contributed by atoms with Crippen LogP contribution in [0.4, 0.5) is 10.5 Å². The number of nitrogens with zero attached hydrogens (tertiary/aromatic N) is 3. The highest BCUT2D eigenvalue weighted by molar-refractivity contribution is 5.74. The molecule has 0 saturated heterocycles. The summed E-state index contributed by atoms with van der Waals surface area (Å²) in [6, 6.07) is 19.6. The van der Waals surface area contributed by atoms with Gasteiger partial charge in [0.05, 0.1) is 0 Å². The van der Waals surface area contributed by atoms with Crippen LogP contribution in [-0.2, 0) is 7.05 Å². The molecule has 0 radical (unpaired) electrons. The Morgan fingerprint density at radius 2 is 1.79 bits per heavy atom. The SMILES string of the molecule is CN(CCCNC(=O)NC(c1ccccc1)c1nccn1C)c1ccccc1. The van der Waals surface area contributed by atoms with Gasteiger partial charge in [-0.1, -0.05) is 48.5 Å². The Kier molecular flexibility index (Phi) is 6.68. The summed E-state index contributed by atoms with van der Waals surface area (Å²) in [4.78, 5) is 19.1. The Morgan fingerprint density at radius 3 is 2.43 bits per heavy atom. The molecule has 1 atom stereocenters. The van der Waals surface area contributed by atoms with Crippen molar-refractivity contribution in [1.29, 1.82) is 0 Å². The minimum atomic E-state index is -0.298. The van der Waals surface area contributed by atoms with Crippen molar-refractivity contribution in [3.05, 3.63) is 84.4 Å². The highest BCUT2D eigenvalue weighted by Gasteiger charge is 2.20. The number of carbonyl (C=O) groups is 1. The molecule has 2 aromatic carbocycles. The molecule has 28 heavy (non-hydrogen) atoms. The van der Waals surface area contributed by atoms with Crippen LogP contribution in [0, 0.1) is 0 Å². The van der Waals surface area contributed by atoms with Crippen molar-refractivity contribution in [2.24, 2.45) is 7.05 Å². The van der Waals surface area contributed by atoms with Gasteiger partial charge >= 0.3 is 6.03 Å². The zero-order chi connectivity index (χ0) is 19.8. The standard InChI is InChI=1S/C22H27N5O/c1-26(19-12-7-4-8-13-19)16-9-14-24-22(28)25-20(18-10-5-3-6-11-18)21-23-15-17-27(21)2/h3-8,10-13,15,17,20H,9,14,16H2,1-2H3,(H2,24,25,28). The zero-order valence-electron chi connectivity index (χ0n) is 16.4. The smallest absolute Gasteiger partial charge is 0.315 e. The largest absolute Gasteiger partial charge is 0.375 e. The van der Waals surface area contributed by atoms with Gasteiger partial charge in [-0.25, -0.2) is 9.78 Å². The molecule has 0 saturated carbocycles. The highest BCUT2D eigenvalue weighted by Crippen LogP contribution is 2.19. The molecule has 0 aliphatic heterocycles. The normalized spacial score (nSPS) is 11.6. The number of imidazole rings is 1. The molecule has 0 aliphatic carbocycles. The average molecular weight is 377 g/mol. The monoisotopic (exact) mass is 377 g/mol. The molecule has 6 nitrogen and oxygen atoms in total. The molecule has 2 amide bonds. The first kappa shape index (κ1) is 19.5. The van der Waals surface area contributed by atoms with Crippen LogP contribution >= 0.6 is 0 Å².